The number of ether oxygens (including phenoxy) is 1. The molecule has 1 amide bonds. The molecule has 2 rings (SSSR count). The number of rotatable bonds is 3. The lowest BCUT2D eigenvalue weighted by atomic mass is 10.3. The van der Waals surface area contributed by atoms with E-state index in [9.17, 15) is 4.79 Å². The van der Waals surface area contributed by atoms with Gasteiger partial charge in [0.05, 0.1) is 19.4 Å². The van der Waals surface area contributed by atoms with Gasteiger partial charge in [-0.15, -0.1) is 12.4 Å². The van der Waals surface area contributed by atoms with Crippen LogP contribution in [-0.2, 0) is 16.1 Å². The highest BCUT2D eigenvalue weighted by Crippen LogP contribution is 2.00. The molecule has 0 spiro atoms. The molecule has 1 aliphatic heterocycles. The second-order valence-corrected chi connectivity index (χ2v) is 3.36. The molecule has 16 heavy (non-hydrogen) atoms. The van der Waals surface area contributed by atoms with Crippen LogP contribution in [0.4, 0.5) is 0 Å². The third-order valence-corrected chi connectivity index (χ3v) is 2.24. The maximum atomic E-state index is 11.6. The summed E-state index contributed by atoms with van der Waals surface area (Å²) < 4.78 is 10.4. The molecule has 5 nitrogen and oxygen atoms in total. The second-order valence-electron chi connectivity index (χ2n) is 3.36. The summed E-state index contributed by atoms with van der Waals surface area (Å²) in [4.78, 5) is 11.6. The van der Waals surface area contributed by atoms with Crippen molar-refractivity contribution >= 4 is 18.3 Å². The van der Waals surface area contributed by atoms with E-state index < -0.39 is 0 Å². The van der Waals surface area contributed by atoms with E-state index >= 15 is 0 Å². The number of hydrogen-bond acceptors (Lipinski definition) is 4. The van der Waals surface area contributed by atoms with Crippen molar-refractivity contribution < 1.29 is 13.9 Å². The number of furan rings is 1. The van der Waals surface area contributed by atoms with E-state index in [1.165, 1.54) is 0 Å². The topological polar surface area (TPSA) is 63.5 Å². The predicted molar refractivity (Wildman–Crippen MR) is 60.4 cm³/mol. The van der Waals surface area contributed by atoms with Gasteiger partial charge in [0.25, 0.3) is 5.91 Å². The van der Waals surface area contributed by atoms with Gasteiger partial charge in [-0.25, -0.2) is 0 Å². The fourth-order valence-electron chi connectivity index (χ4n) is 1.44. The third kappa shape index (κ3) is 3.52. The maximum Gasteiger partial charge on any atom is 0.250 e. The van der Waals surface area contributed by atoms with Gasteiger partial charge >= 0.3 is 0 Å². The maximum absolute atomic E-state index is 11.6. The quantitative estimate of drug-likeness (QED) is 0.806. The fraction of sp³-hybridized carbons (Fsp3) is 0.500. The average molecular weight is 247 g/mol. The van der Waals surface area contributed by atoms with Crippen LogP contribution in [0.25, 0.3) is 0 Å². The predicted octanol–water partition coefficient (Wildman–Crippen LogP) is 0.306. The minimum atomic E-state index is -0.381. The molecule has 0 unspecified atom stereocenters. The molecule has 1 saturated heterocycles. The van der Waals surface area contributed by atoms with Crippen molar-refractivity contribution in [2.24, 2.45) is 0 Å². The number of carbonyl (C=O) groups excluding carboxylic acids is 1. The molecule has 0 saturated carbocycles. The average Bonchev–Trinajstić information content (AvgIpc) is 2.80. The third-order valence-electron chi connectivity index (χ3n) is 2.24. The molecule has 1 aromatic rings. The minimum absolute atomic E-state index is 0. The molecule has 6 heteroatoms. The summed E-state index contributed by atoms with van der Waals surface area (Å²) in [7, 11) is 0. The van der Waals surface area contributed by atoms with Crippen molar-refractivity contribution in [1.29, 1.82) is 0 Å². The van der Waals surface area contributed by atoms with Crippen molar-refractivity contribution in [1.82, 2.24) is 10.6 Å². The van der Waals surface area contributed by atoms with E-state index in [0.717, 1.165) is 12.3 Å². The van der Waals surface area contributed by atoms with Gasteiger partial charge in [0.1, 0.15) is 11.9 Å². The summed E-state index contributed by atoms with van der Waals surface area (Å²) in [5, 5.41) is 5.86. The summed E-state index contributed by atoms with van der Waals surface area (Å²) in [5.41, 5.74) is 0. The lowest BCUT2D eigenvalue weighted by Crippen LogP contribution is -2.47. The van der Waals surface area contributed by atoms with E-state index in [0.29, 0.717) is 19.7 Å². The minimum Gasteiger partial charge on any atom is -0.467 e. The molecule has 2 N–H and O–H groups in total. The van der Waals surface area contributed by atoms with Crippen molar-refractivity contribution in [2.45, 2.75) is 12.6 Å². The first-order valence-corrected chi connectivity index (χ1v) is 4.98. The Hall–Kier alpha value is -1.04. The smallest absolute Gasteiger partial charge is 0.250 e. The van der Waals surface area contributed by atoms with Gasteiger partial charge in [-0.3, -0.25) is 4.79 Å². The largest absolute Gasteiger partial charge is 0.467 e. The van der Waals surface area contributed by atoms with E-state index in [-0.39, 0.29) is 24.4 Å². The SMILES string of the molecule is Cl.O=C(NCc1ccco1)[C@H]1CNCCO1. The van der Waals surface area contributed by atoms with Gasteiger partial charge in [-0.2, -0.15) is 0 Å². The Morgan fingerprint density at radius 3 is 3.12 bits per heavy atom. The second kappa shape index (κ2) is 6.52. The van der Waals surface area contributed by atoms with Crippen molar-refractivity contribution in [2.75, 3.05) is 19.7 Å². The van der Waals surface area contributed by atoms with Crippen LogP contribution in [0.1, 0.15) is 5.76 Å². The first-order chi connectivity index (χ1) is 7.36. The Balaban J connectivity index is 0.00000128. The standard InChI is InChI=1S/C10H14N2O3.ClH/c13-10(9-7-11-3-5-15-9)12-6-8-2-1-4-14-8;/h1-2,4,9,11H,3,5-7H2,(H,12,13);1H/t9-;/m1./s1. The van der Waals surface area contributed by atoms with E-state index in [2.05, 4.69) is 10.6 Å². The number of morpholine rings is 1. The number of halogens is 1. The summed E-state index contributed by atoms with van der Waals surface area (Å²) in [5.74, 6) is 0.644. The molecule has 2 heterocycles. The van der Waals surface area contributed by atoms with Crippen molar-refractivity contribution in [3.63, 3.8) is 0 Å². The summed E-state index contributed by atoms with van der Waals surface area (Å²) >= 11 is 0. The number of amides is 1. The summed E-state index contributed by atoms with van der Waals surface area (Å²) in [6.07, 6.45) is 1.20. The van der Waals surface area contributed by atoms with Crippen molar-refractivity contribution in [3.8, 4) is 0 Å². The van der Waals surface area contributed by atoms with Crippen LogP contribution in [0.15, 0.2) is 22.8 Å². The molecule has 0 bridgehead atoms. The molecule has 0 radical (unpaired) electrons. The van der Waals surface area contributed by atoms with Gasteiger partial charge in [-0.1, -0.05) is 0 Å². The summed E-state index contributed by atoms with van der Waals surface area (Å²) in [6, 6.07) is 3.61. The van der Waals surface area contributed by atoms with Crippen molar-refractivity contribution in [3.05, 3.63) is 24.2 Å². The normalized spacial score (nSPS) is 19.9. The van der Waals surface area contributed by atoms with Crippen LogP contribution in [0.3, 0.4) is 0 Å². The zero-order valence-electron chi connectivity index (χ0n) is 8.77. The first kappa shape index (κ1) is 13.0. The van der Waals surface area contributed by atoms with Crippen LogP contribution >= 0.6 is 12.4 Å². The molecule has 0 aromatic carbocycles. The molecule has 90 valence electrons. The van der Waals surface area contributed by atoms with Crippen LogP contribution in [0.2, 0.25) is 0 Å². The van der Waals surface area contributed by atoms with Crippen LogP contribution in [0, 0.1) is 0 Å². The molecular formula is C10H15ClN2O3. The molecule has 1 fully saturated rings. The monoisotopic (exact) mass is 246 g/mol. The Morgan fingerprint density at radius 1 is 1.62 bits per heavy atom. The Kier molecular flexibility index (Phi) is 5.31. The zero-order chi connectivity index (χ0) is 10.5. The molecule has 1 atom stereocenters. The van der Waals surface area contributed by atoms with Gasteiger partial charge in [0, 0.05) is 13.1 Å². The zero-order valence-corrected chi connectivity index (χ0v) is 9.59. The van der Waals surface area contributed by atoms with E-state index in [4.69, 9.17) is 9.15 Å². The van der Waals surface area contributed by atoms with Crippen LogP contribution < -0.4 is 10.6 Å². The Bertz CT molecular complexity index is 310. The van der Waals surface area contributed by atoms with Gasteiger partial charge < -0.3 is 19.8 Å². The first-order valence-electron chi connectivity index (χ1n) is 4.98. The van der Waals surface area contributed by atoms with Gasteiger partial charge in [0.2, 0.25) is 0 Å². The van der Waals surface area contributed by atoms with E-state index in [1.807, 2.05) is 6.07 Å². The Labute approximate surface area is 99.9 Å². The lowest BCUT2D eigenvalue weighted by Gasteiger charge is -2.22. The van der Waals surface area contributed by atoms with Crippen LogP contribution in [0.5, 0.6) is 0 Å². The number of carbonyl (C=O) groups is 1. The van der Waals surface area contributed by atoms with Gasteiger partial charge in [-0.05, 0) is 12.1 Å². The highest BCUT2D eigenvalue weighted by atomic mass is 35.5. The highest BCUT2D eigenvalue weighted by molar-refractivity contribution is 5.85. The molecule has 0 aliphatic carbocycles. The van der Waals surface area contributed by atoms with E-state index in [1.54, 1.807) is 12.3 Å². The van der Waals surface area contributed by atoms with Crippen LogP contribution in [-0.4, -0.2) is 31.7 Å². The lowest BCUT2D eigenvalue weighted by molar-refractivity contribution is -0.134. The highest BCUT2D eigenvalue weighted by Gasteiger charge is 2.21. The number of hydrogen-bond donors (Lipinski definition) is 2. The molecular weight excluding hydrogens is 232 g/mol. The fourth-order valence-corrected chi connectivity index (χ4v) is 1.44. The molecule has 1 aromatic heterocycles. The number of nitrogens with one attached hydrogen (secondary N) is 2. The molecule has 1 aliphatic rings. The summed E-state index contributed by atoms with van der Waals surface area (Å²) in [6.45, 7) is 2.37. The Morgan fingerprint density at radius 2 is 2.50 bits per heavy atom. The van der Waals surface area contributed by atoms with Gasteiger partial charge in [0.15, 0.2) is 0 Å².